The predicted octanol–water partition coefficient (Wildman–Crippen LogP) is 1.61. The molecule has 0 aromatic heterocycles. The largest absolute Gasteiger partial charge is 0.444 e. The highest BCUT2D eigenvalue weighted by Crippen LogP contribution is 2.11. The van der Waals surface area contributed by atoms with Gasteiger partial charge in [0.1, 0.15) is 12.5 Å². The fourth-order valence-electron chi connectivity index (χ4n) is 1.22. The quantitative estimate of drug-likeness (QED) is 0.825. The van der Waals surface area contributed by atoms with Crippen LogP contribution in [-0.4, -0.2) is 18.0 Å². The van der Waals surface area contributed by atoms with Gasteiger partial charge in [0, 0.05) is 5.69 Å². The van der Waals surface area contributed by atoms with Crippen LogP contribution in [0.4, 0.5) is 5.69 Å². The summed E-state index contributed by atoms with van der Waals surface area (Å²) in [6.45, 7) is 1.47. The summed E-state index contributed by atoms with van der Waals surface area (Å²) in [5.41, 5.74) is 0.755. The molecule has 0 fully saturated rings. The molecule has 0 aliphatic carbocycles. The number of carbonyl (C=O) groups excluding carboxylic acids is 2. The Hall–Kier alpha value is -2.86. The Labute approximate surface area is 110 Å². The van der Waals surface area contributed by atoms with Crippen LogP contribution in [0.5, 0.6) is 0 Å². The highest BCUT2D eigenvalue weighted by atomic mass is 16.5. The van der Waals surface area contributed by atoms with Crippen LogP contribution in [0.2, 0.25) is 0 Å². The molecule has 96 valence electrons. The standard InChI is InChI=1S/C13H11N3O3/c1-9(8-15)19-13(18)10-2-4-11(5-3-10)16-12(17)6-7-14/h2-5,9H,6H2,1H3,(H,16,17). The molecule has 0 heterocycles. The molecule has 0 aliphatic heterocycles. The van der Waals surface area contributed by atoms with Gasteiger partial charge in [0.15, 0.2) is 6.10 Å². The number of nitrogens with zero attached hydrogens (tertiary/aromatic N) is 2. The second-order valence-electron chi connectivity index (χ2n) is 3.64. The SMILES string of the molecule is CC(C#N)OC(=O)c1ccc(NC(=O)CC#N)cc1. The highest BCUT2D eigenvalue weighted by molar-refractivity contribution is 5.93. The number of ether oxygens (including phenoxy) is 1. The van der Waals surface area contributed by atoms with Gasteiger partial charge in [-0.3, -0.25) is 4.79 Å². The molecule has 1 amide bonds. The number of nitrogens with one attached hydrogen (secondary N) is 1. The van der Waals surface area contributed by atoms with E-state index in [-0.39, 0.29) is 12.0 Å². The summed E-state index contributed by atoms with van der Waals surface area (Å²) in [5.74, 6) is -1.03. The number of hydrogen-bond donors (Lipinski definition) is 1. The number of carbonyl (C=O) groups is 2. The second kappa shape index (κ2) is 6.77. The van der Waals surface area contributed by atoms with E-state index < -0.39 is 18.0 Å². The van der Waals surface area contributed by atoms with E-state index in [4.69, 9.17) is 15.3 Å². The summed E-state index contributed by atoms with van der Waals surface area (Å²) in [6, 6.07) is 9.48. The van der Waals surface area contributed by atoms with Crippen LogP contribution in [0.3, 0.4) is 0 Å². The zero-order valence-corrected chi connectivity index (χ0v) is 10.2. The van der Waals surface area contributed by atoms with Gasteiger partial charge in [-0.1, -0.05) is 0 Å². The predicted molar refractivity (Wildman–Crippen MR) is 65.8 cm³/mol. The molecule has 1 N–H and O–H groups in total. The third kappa shape index (κ3) is 4.49. The molecular formula is C13H11N3O3. The highest BCUT2D eigenvalue weighted by Gasteiger charge is 2.11. The zero-order chi connectivity index (χ0) is 14.3. The van der Waals surface area contributed by atoms with Gasteiger partial charge in [-0.2, -0.15) is 10.5 Å². The van der Waals surface area contributed by atoms with Gasteiger partial charge in [-0.15, -0.1) is 0 Å². The summed E-state index contributed by atoms with van der Waals surface area (Å²) in [5, 5.41) is 19.4. The number of hydrogen-bond acceptors (Lipinski definition) is 5. The van der Waals surface area contributed by atoms with E-state index in [2.05, 4.69) is 5.32 Å². The van der Waals surface area contributed by atoms with Crippen molar-refractivity contribution >= 4 is 17.6 Å². The van der Waals surface area contributed by atoms with Crippen molar-refractivity contribution in [1.82, 2.24) is 0 Å². The van der Waals surface area contributed by atoms with E-state index in [1.165, 1.54) is 31.2 Å². The van der Waals surface area contributed by atoms with Crippen molar-refractivity contribution in [2.45, 2.75) is 19.4 Å². The smallest absolute Gasteiger partial charge is 0.339 e. The molecule has 0 aliphatic rings. The molecule has 1 unspecified atom stereocenters. The average molecular weight is 257 g/mol. The van der Waals surface area contributed by atoms with E-state index in [0.29, 0.717) is 5.69 Å². The first kappa shape index (κ1) is 14.2. The lowest BCUT2D eigenvalue weighted by molar-refractivity contribution is -0.115. The van der Waals surface area contributed by atoms with Crippen molar-refractivity contribution in [2.24, 2.45) is 0 Å². The Bertz CT molecular complexity index is 552. The topological polar surface area (TPSA) is 103 Å². The minimum atomic E-state index is -0.817. The summed E-state index contributed by atoms with van der Waals surface area (Å²) in [7, 11) is 0. The van der Waals surface area contributed by atoms with Crippen LogP contribution >= 0.6 is 0 Å². The summed E-state index contributed by atoms with van der Waals surface area (Å²) < 4.78 is 4.81. The fourth-order valence-corrected chi connectivity index (χ4v) is 1.22. The van der Waals surface area contributed by atoms with Gasteiger partial charge in [-0.25, -0.2) is 4.79 Å². The molecule has 0 saturated carbocycles. The molecule has 1 rings (SSSR count). The Kier molecular flexibility index (Phi) is 5.06. The molecule has 0 radical (unpaired) electrons. The molecule has 0 bridgehead atoms. The molecule has 6 heteroatoms. The molecule has 19 heavy (non-hydrogen) atoms. The van der Waals surface area contributed by atoms with Crippen molar-refractivity contribution < 1.29 is 14.3 Å². The number of nitriles is 2. The maximum atomic E-state index is 11.5. The second-order valence-corrected chi connectivity index (χ2v) is 3.64. The first-order valence-corrected chi connectivity index (χ1v) is 5.44. The van der Waals surface area contributed by atoms with Crippen LogP contribution in [-0.2, 0) is 9.53 Å². The van der Waals surface area contributed by atoms with E-state index in [0.717, 1.165) is 0 Å². The maximum Gasteiger partial charge on any atom is 0.339 e. The molecule has 0 saturated heterocycles. The van der Waals surface area contributed by atoms with Crippen LogP contribution in [0, 0.1) is 22.7 Å². The molecule has 1 atom stereocenters. The molecule has 0 spiro atoms. The van der Waals surface area contributed by atoms with Gasteiger partial charge in [0.2, 0.25) is 5.91 Å². The molecular weight excluding hydrogens is 246 g/mol. The van der Waals surface area contributed by atoms with Crippen molar-refractivity contribution in [3.05, 3.63) is 29.8 Å². The van der Waals surface area contributed by atoms with E-state index in [1.807, 2.05) is 0 Å². The zero-order valence-electron chi connectivity index (χ0n) is 10.2. The molecule has 1 aromatic carbocycles. The average Bonchev–Trinajstić information content (AvgIpc) is 2.39. The first-order chi connectivity index (χ1) is 9.06. The number of anilines is 1. The minimum absolute atomic E-state index is 0.233. The van der Waals surface area contributed by atoms with Gasteiger partial charge in [-0.05, 0) is 31.2 Å². The Morgan fingerprint density at radius 1 is 1.32 bits per heavy atom. The number of benzene rings is 1. The van der Waals surface area contributed by atoms with Gasteiger partial charge in [0.05, 0.1) is 11.6 Å². The normalized spacial score (nSPS) is 10.7. The van der Waals surface area contributed by atoms with E-state index in [9.17, 15) is 9.59 Å². The minimum Gasteiger partial charge on any atom is -0.444 e. The third-order valence-electron chi connectivity index (χ3n) is 2.11. The van der Waals surface area contributed by atoms with Gasteiger partial charge >= 0.3 is 5.97 Å². The Morgan fingerprint density at radius 3 is 2.47 bits per heavy atom. The number of esters is 1. The van der Waals surface area contributed by atoms with Crippen LogP contribution < -0.4 is 5.32 Å². The van der Waals surface area contributed by atoms with Crippen LogP contribution in [0.15, 0.2) is 24.3 Å². The molecule has 1 aromatic rings. The lowest BCUT2D eigenvalue weighted by atomic mass is 10.2. The van der Waals surface area contributed by atoms with Gasteiger partial charge < -0.3 is 10.1 Å². The molecule has 6 nitrogen and oxygen atoms in total. The lowest BCUT2D eigenvalue weighted by Gasteiger charge is -2.07. The fraction of sp³-hybridized carbons (Fsp3) is 0.231. The van der Waals surface area contributed by atoms with Crippen LogP contribution in [0.25, 0.3) is 0 Å². The summed E-state index contributed by atoms with van der Waals surface area (Å²) >= 11 is 0. The monoisotopic (exact) mass is 257 g/mol. The Balaban J connectivity index is 2.67. The number of rotatable bonds is 4. The van der Waals surface area contributed by atoms with Crippen LogP contribution in [0.1, 0.15) is 23.7 Å². The van der Waals surface area contributed by atoms with Crippen molar-refractivity contribution in [3.63, 3.8) is 0 Å². The lowest BCUT2D eigenvalue weighted by Crippen LogP contribution is -2.13. The number of amides is 1. The summed E-state index contributed by atoms with van der Waals surface area (Å²) in [4.78, 5) is 22.7. The van der Waals surface area contributed by atoms with Crippen molar-refractivity contribution in [3.8, 4) is 12.1 Å². The Morgan fingerprint density at radius 2 is 1.95 bits per heavy atom. The van der Waals surface area contributed by atoms with Gasteiger partial charge in [0.25, 0.3) is 0 Å². The third-order valence-corrected chi connectivity index (χ3v) is 2.11. The van der Waals surface area contributed by atoms with E-state index in [1.54, 1.807) is 12.1 Å². The van der Waals surface area contributed by atoms with Crippen molar-refractivity contribution in [1.29, 1.82) is 10.5 Å². The maximum absolute atomic E-state index is 11.5. The first-order valence-electron chi connectivity index (χ1n) is 5.44. The summed E-state index contributed by atoms with van der Waals surface area (Å²) in [6.07, 6.45) is -1.05. The van der Waals surface area contributed by atoms with E-state index >= 15 is 0 Å². The van der Waals surface area contributed by atoms with Crippen molar-refractivity contribution in [2.75, 3.05) is 5.32 Å².